The summed E-state index contributed by atoms with van der Waals surface area (Å²) in [6.07, 6.45) is 1.21. The molecular weight excluding hydrogens is 404 g/mol. The van der Waals surface area contributed by atoms with Crippen LogP contribution in [-0.2, 0) is 0 Å². The molecule has 0 saturated heterocycles. The van der Waals surface area contributed by atoms with Crippen LogP contribution in [0.4, 0.5) is 0 Å². The standard InChI is InChI=1S/C24H17ClO5/c1-14-7-8-16(11-15(14)2)24(27)29-17-9-10-18-21(12-17)28-13-22(23(18)26)30-20-6-4-3-5-19(20)25/h3-13H,1-2H3. The van der Waals surface area contributed by atoms with Crippen molar-refractivity contribution >= 4 is 28.5 Å². The third kappa shape index (κ3) is 3.93. The molecule has 0 amide bonds. The number of fused-ring (bicyclic) bond motifs is 1. The number of hydrogen-bond acceptors (Lipinski definition) is 5. The van der Waals surface area contributed by atoms with Crippen LogP contribution in [0.2, 0.25) is 5.02 Å². The summed E-state index contributed by atoms with van der Waals surface area (Å²) < 4.78 is 16.6. The van der Waals surface area contributed by atoms with Gasteiger partial charge in [0.1, 0.15) is 23.3 Å². The Morgan fingerprint density at radius 3 is 2.50 bits per heavy atom. The van der Waals surface area contributed by atoms with Gasteiger partial charge in [0, 0.05) is 6.07 Å². The number of rotatable bonds is 4. The van der Waals surface area contributed by atoms with E-state index in [4.69, 9.17) is 25.5 Å². The van der Waals surface area contributed by atoms with E-state index in [2.05, 4.69) is 0 Å². The average Bonchev–Trinajstić information content (AvgIpc) is 2.73. The first-order valence-electron chi connectivity index (χ1n) is 9.20. The maximum atomic E-state index is 12.7. The number of esters is 1. The Bertz CT molecular complexity index is 1320. The molecule has 0 aliphatic heterocycles. The van der Waals surface area contributed by atoms with E-state index in [0.29, 0.717) is 21.7 Å². The number of aryl methyl sites for hydroxylation is 2. The number of carbonyl (C=O) groups excluding carboxylic acids is 1. The summed E-state index contributed by atoms with van der Waals surface area (Å²) in [5, 5.41) is 0.677. The molecule has 4 rings (SSSR count). The molecule has 3 aromatic carbocycles. The molecule has 6 heteroatoms. The van der Waals surface area contributed by atoms with Crippen molar-refractivity contribution in [3.63, 3.8) is 0 Å². The lowest BCUT2D eigenvalue weighted by Gasteiger charge is -2.09. The lowest BCUT2D eigenvalue weighted by Crippen LogP contribution is -2.09. The van der Waals surface area contributed by atoms with E-state index in [1.165, 1.54) is 24.5 Å². The third-order valence-corrected chi connectivity index (χ3v) is 5.04. The van der Waals surface area contributed by atoms with E-state index in [0.717, 1.165) is 11.1 Å². The molecule has 0 unspecified atom stereocenters. The molecule has 4 aromatic rings. The van der Waals surface area contributed by atoms with Gasteiger partial charge in [0.15, 0.2) is 0 Å². The van der Waals surface area contributed by atoms with Gasteiger partial charge in [-0.25, -0.2) is 4.79 Å². The van der Waals surface area contributed by atoms with E-state index in [-0.39, 0.29) is 22.5 Å². The van der Waals surface area contributed by atoms with E-state index in [1.807, 2.05) is 19.9 Å². The van der Waals surface area contributed by atoms with Gasteiger partial charge in [-0.05, 0) is 61.4 Å². The minimum atomic E-state index is -0.488. The second-order valence-electron chi connectivity index (χ2n) is 6.81. The molecule has 0 fully saturated rings. The number of halogens is 1. The molecule has 30 heavy (non-hydrogen) atoms. The number of carbonyl (C=O) groups is 1. The summed E-state index contributed by atoms with van der Waals surface area (Å²) in [4.78, 5) is 25.2. The van der Waals surface area contributed by atoms with Crippen LogP contribution in [0.3, 0.4) is 0 Å². The summed E-state index contributed by atoms with van der Waals surface area (Å²) in [6, 6.07) is 16.7. The summed E-state index contributed by atoms with van der Waals surface area (Å²) >= 11 is 6.08. The lowest BCUT2D eigenvalue weighted by molar-refractivity contribution is 0.0735. The average molecular weight is 421 g/mol. The van der Waals surface area contributed by atoms with Crippen LogP contribution in [0.5, 0.6) is 17.2 Å². The molecule has 0 radical (unpaired) electrons. The van der Waals surface area contributed by atoms with E-state index in [9.17, 15) is 9.59 Å². The molecular formula is C24H17ClO5. The summed E-state index contributed by atoms with van der Waals surface area (Å²) in [7, 11) is 0. The molecule has 0 bridgehead atoms. The molecule has 0 saturated carbocycles. The number of hydrogen-bond donors (Lipinski definition) is 0. The first-order chi connectivity index (χ1) is 14.4. The number of ether oxygens (including phenoxy) is 2. The molecule has 150 valence electrons. The van der Waals surface area contributed by atoms with Crippen molar-refractivity contribution < 1.29 is 18.7 Å². The highest BCUT2D eigenvalue weighted by atomic mass is 35.5. The van der Waals surface area contributed by atoms with Crippen LogP contribution < -0.4 is 14.9 Å². The van der Waals surface area contributed by atoms with E-state index < -0.39 is 5.97 Å². The number of para-hydroxylation sites is 1. The van der Waals surface area contributed by atoms with Gasteiger partial charge in [0.05, 0.1) is 16.0 Å². The smallest absolute Gasteiger partial charge is 0.343 e. The SMILES string of the molecule is Cc1ccc(C(=O)Oc2ccc3c(=O)c(Oc4ccccc4Cl)coc3c2)cc1C. The normalized spacial score (nSPS) is 10.8. The Morgan fingerprint density at radius 2 is 1.73 bits per heavy atom. The van der Waals surface area contributed by atoms with Crippen LogP contribution in [0.1, 0.15) is 21.5 Å². The second kappa shape index (κ2) is 8.05. The highest BCUT2D eigenvalue weighted by Crippen LogP contribution is 2.29. The Labute approximate surface area is 177 Å². The maximum absolute atomic E-state index is 12.7. The summed E-state index contributed by atoms with van der Waals surface area (Å²) in [5.74, 6) is 0.146. The molecule has 0 aliphatic carbocycles. The van der Waals surface area contributed by atoms with Crippen LogP contribution in [0.25, 0.3) is 11.0 Å². The second-order valence-corrected chi connectivity index (χ2v) is 7.22. The van der Waals surface area contributed by atoms with Crippen LogP contribution >= 0.6 is 11.6 Å². The van der Waals surface area contributed by atoms with E-state index >= 15 is 0 Å². The zero-order valence-electron chi connectivity index (χ0n) is 16.3. The summed E-state index contributed by atoms with van der Waals surface area (Å²) in [5.41, 5.74) is 2.46. The molecule has 0 atom stereocenters. The fraction of sp³-hybridized carbons (Fsp3) is 0.0833. The zero-order valence-corrected chi connectivity index (χ0v) is 17.0. The van der Waals surface area contributed by atoms with Gasteiger partial charge in [-0.1, -0.05) is 29.8 Å². The Kier molecular flexibility index (Phi) is 5.29. The minimum Gasteiger partial charge on any atom is -0.460 e. The van der Waals surface area contributed by atoms with Gasteiger partial charge < -0.3 is 13.9 Å². The molecule has 0 spiro atoms. The van der Waals surface area contributed by atoms with Gasteiger partial charge in [0.2, 0.25) is 11.2 Å². The van der Waals surface area contributed by atoms with Crippen LogP contribution in [0.15, 0.2) is 76.1 Å². The first kappa shape index (κ1) is 19.7. The van der Waals surface area contributed by atoms with Gasteiger partial charge in [-0.3, -0.25) is 4.79 Å². The van der Waals surface area contributed by atoms with Crippen LogP contribution in [-0.4, -0.2) is 5.97 Å². The van der Waals surface area contributed by atoms with Gasteiger partial charge in [0.25, 0.3) is 0 Å². The fourth-order valence-electron chi connectivity index (χ4n) is 2.91. The lowest BCUT2D eigenvalue weighted by atomic mass is 10.1. The summed E-state index contributed by atoms with van der Waals surface area (Å²) in [6.45, 7) is 3.90. The van der Waals surface area contributed by atoms with Crippen molar-refractivity contribution in [1.82, 2.24) is 0 Å². The Morgan fingerprint density at radius 1 is 0.933 bits per heavy atom. The van der Waals surface area contributed by atoms with Crippen molar-refractivity contribution in [3.05, 3.63) is 98.9 Å². The van der Waals surface area contributed by atoms with Crippen molar-refractivity contribution in [3.8, 4) is 17.2 Å². The van der Waals surface area contributed by atoms with E-state index in [1.54, 1.807) is 36.4 Å². The van der Waals surface area contributed by atoms with Crippen LogP contribution in [0, 0.1) is 13.8 Å². The monoisotopic (exact) mass is 420 g/mol. The van der Waals surface area contributed by atoms with Gasteiger partial charge >= 0.3 is 5.97 Å². The molecule has 1 heterocycles. The molecule has 0 N–H and O–H groups in total. The van der Waals surface area contributed by atoms with Crippen molar-refractivity contribution in [2.75, 3.05) is 0 Å². The Hall–Kier alpha value is -3.57. The first-order valence-corrected chi connectivity index (χ1v) is 9.57. The van der Waals surface area contributed by atoms with Crippen molar-refractivity contribution in [2.24, 2.45) is 0 Å². The Balaban J connectivity index is 1.60. The highest BCUT2D eigenvalue weighted by molar-refractivity contribution is 6.32. The van der Waals surface area contributed by atoms with Gasteiger partial charge in [-0.15, -0.1) is 0 Å². The zero-order chi connectivity index (χ0) is 21.3. The minimum absolute atomic E-state index is 0.00970. The fourth-order valence-corrected chi connectivity index (χ4v) is 3.08. The molecule has 0 aliphatic rings. The largest absolute Gasteiger partial charge is 0.460 e. The molecule has 1 aromatic heterocycles. The van der Waals surface area contributed by atoms with Crippen molar-refractivity contribution in [2.45, 2.75) is 13.8 Å². The van der Waals surface area contributed by atoms with Gasteiger partial charge in [-0.2, -0.15) is 0 Å². The predicted molar refractivity (Wildman–Crippen MR) is 115 cm³/mol. The van der Waals surface area contributed by atoms with Crippen molar-refractivity contribution in [1.29, 1.82) is 0 Å². The molecule has 5 nitrogen and oxygen atoms in total. The topological polar surface area (TPSA) is 65.7 Å². The maximum Gasteiger partial charge on any atom is 0.343 e. The predicted octanol–water partition coefficient (Wildman–Crippen LogP) is 6.07. The number of benzene rings is 3. The quantitative estimate of drug-likeness (QED) is 0.296. The third-order valence-electron chi connectivity index (χ3n) is 4.72. The highest BCUT2D eigenvalue weighted by Gasteiger charge is 2.14.